The molecule has 2 aromatic rings. The Labute approximate surface area is 124 Å². The lowest BCUT2D eigenvalue weighted by molar-refractivity contribution is 0.101. The van der Waals surface area contributed by atoms with Crippen LogP contribution < -0.4 is 10.5 Å². The third-order valence-electron chi connectivity index (χ3n) is 3.96. The Morgan fingerprint density at radius 1 is 1.00 bits per heavy atom. The molecule has 0 amide bonds. The first kappa shape index (κ1) is 13.7. The summed E-state index contributed by atoms with van der Waals surface area (Å²) < 4.78 is 5.87. The van der Waals surface area contributed by atoms with E-state index in [0.29, 0.717) is 17.0 Å². The Hall–Kier alpha value is -2.29. The molecule has 2 N–H and O–H groups in total. The summed E-state index contributed by atoms with van der Waals surface area (Å²) in [5.74, 6) is 1.45. The molecule has 3 heteroatoms. The number of nitrogen functional groups attached to an aromatic ring is 1. The summed E-state index contributed by atoms with van der Waals surface area (Å²) in [6.07, 6.45) is 4.81. The lowest BCUT2D eigenvalue weighted by Crippen LogP contribution is -2.02. The number of rotatable bonds is 3. The van der Waals surface area contributed by atoms with E-state index < -0.39 is 0 Å². The highest BCUT2D eigenvalue weighted by Gasteiger charge is 2.11. The van der Waals surface area contributed by atoms with E-state index >= 15 is 0 Å². The molecule has 0 unspecified atom stereocenters. The van der Waals surface area contributed by atoms with Crippen LogP contribution in [0.25, 0.3) is 0 Å². The zero-order chi connectivity index (χ0) is 14.8. The molecule has 0 spiro atoms. The second kappa shape index (κ2) is 5.60. The molecule has 1 aliphatic rings. The van der Waals surface area contributed by atoms with Gasteiger partial charge in [0.1, 0.15) is 11.5 Å². The molecule has 3 nitrogen and oxygen atoms in total. The van der Waals surface area contributed by atoms with Crippen LogP contribution in [-0.2, 0) is 12.8 Å². The fourth-order valence-electron chi connectivity index (χ4n) is 2.83. The van der Waals surface area contributed by atoms with E-state index in [-0.39, 0.29) is 5.78 Å². The van der Waals surface area contributed by atoms with Gasteiger partial charge >= 0.3 is 0 Å². The number of aryl methyl sites for hydroxylation is 2. The molecule has 2 aromatic carbocycles. The molecule has 0 aliphatic heterocycles. The number of nitrogens with two attached hydrogens (primary N) is 1. The van der Waals surface area contributed by atoms with Crippen molar-refractivity contribution in [2.75, 3.05) is 5.73 Å². The second-order valence-electron chi connectivity index (χ2n) is 5.54. The number of carbonyl (C=O) groups is 1. The number of carbonyl (C=O) groups excluding carboxylic acids is 1. The summed E-state index contributed by atoms with van der Waals surface area (Å²) in [5.41, 5.74) is 9.69. The van der Waals surface area contributed by atoms with Gasteiger partial charge in [-0.1, -0.05) is 6.07 Å². The van der Waals surface area contributed by atoms with Crippen LogP contribution >= 0.6 is 0 Å². The van der Waals surface area contributed by atoms with Crippen molar-refractivity contribution in [1.29, 1.82) is 0 Å². The average molecular weight is 281 g/mol. The quantitative estimate of drug-likeness (QED) is 0.679. The van der Waals surface area contributed by atoms with Gasteiger partial charge in [0.2, 0.25) is 0 Å². The number of hydrogen-bond donors (Lipinski definition) is 1. The van der Waals surface area contributed by atoms with Gasteiger partial charge < -0.3 is 10.5 Å². The van der Waals surface area contributed by atoms with Crippen LogP contribution in [0.15, 0.2) is 36.4 Å². The first-order chi connectivity index (χ1) is 10.1. The van der Waals surface area contributed by atoms with Crippen LogP contribution in [0.4, 0.5) is 5.69 Å². The number of fused-ring (bicyclic) bond motifs is 1. The van der Waals surface area contributed by atoms with Gasteiger partial charge in [0, 0.05) is 17.3 Å². The maximum Gasteiger partial charge on any atom is 0.161 e. The van der Waals surface area contributed by atoms with Gasteiger partial charge in [0.25, 0.3) is 0 Å². The molecular weight excluding hydrogens is 262 g/mol. The highest BCUT2D eigenvalue weighted by atomic mass is 16.5. The van der Waals surface area contributed by atoms with Gasteiger partial charge in [-0.05, 0) is 68.0 Å². The second-order valence-corrected chi connectivity index (χ2v) is 5.54. The molecule has 3 rings (SSSR count). The van der Waals surface area contributed by atoms with E-state index in [0.717, 1.165) is 18.6 Å². The normalized spacial score (nSPS) is 13.6. The number of anilines is 1. The van der Waals surface area contributed by atoms with Crippen LogP contribution in [0.3, 0.4) is 0 Å². The molecule has 0 saturated heterocycles. The van der Waals surface area contributed by atoms with Gasteiger partial charge in [-0.2, -0.15) is 0 Å². The number of Topliss-reactive ketones (excluding diaryl/α,β-unsaturated/α-hetero) is 1. The lowest BCUT2D eigenvalue weighted by atomic mass is 9.92. The summed E-state index contributed by atoms with van der Waals surface area (Å²) in [6.45, 7) is 1.51. The van der Waals surface area contributed by atoms with Crippen LogP contribution in [0.1, 0.15) is 41.3 Å². The Kier molecular flexibility index (Phi) is 3.65. The van der Waals surface area contributed by atoms with E-state index in [1.165, 1.54) is 30.9 Å². The van der Waals surface area contributed by atoms with E-state index in [1.54, 1.807) is 18.2 Å². The predicted molar refractivity (Wildman–Crippen MR) is 84.0 cm³/mol. The molecule has 0 aromatic heterocycles. The van der Waals surface area contributed by atoms with Crippen molar-refractivity contribution in [3.05, 3.63) is 53.1 Å². The van der Waals surface area contributed by atoms with Gasteiger partial charge in [-0.25, -0.2) is 0 Å². The van der Waals surface area contributed by atoms with E-state index in [9.17, 15) is 4.79 Å². The highest BCUT2D eigenvalue weighted by molar-refractivity contribution is 5.99. The standard InChI is InChI=1S/C18H19NO2/c1-12(20)17-9-8-16(11-18(17)19)21-15-7-6-13-4-2-3-5-14(13)10-15/h6-11H,2-5,19H2,1H3. The predicted octanol–water partition coefficient (Wildman–Crippen LogP) is 4.14. The summed E-state index contributed by atoms with van der Waals surface area (Å²) in [6, 6.07) is 11.5. The van der Waals surface area contributed by atoms with Gasteiger partial charge in [-0.15, -0.1) is 0 Å². The summed E-state index contributed by atoms with van der Waals surface area (Å²) in [5, 5.41) is 0. The highest BCUT2D eigenvalue weighted by Crippen LogP contribution is 2.29. The minimum absolute atomic E-state index is 0.0344. The molecule has 0 bridgehead atoms. The minimum atomic E-state index is -0.0344. The summed E-state index contributed by atoms with van der Waals surface area (Å²) in [4.78, 5) is 11.4. The van der Waals surface area contributed by atoms with Crippen molar-refractivity contribution in [3.8, 4) is 11.5 Å². The van der Waals surface area contributed by atoms with Crippen molar-refractivity contribution in [3.63, 3.8) is 0 Å². The Bertz CT molecular complexity index is 692. The Morgan fingerprint density at radius 2 is 1.67 bits per heavy atom. The van der Waals surface area contributed by atoms with Crippen molar-refractivity contribution >= 4 is 11.5 Å². The smallest absolute Gasteiger partial charge is 0.161 e. The summed E-state index contributed by atoms with van der Waals surface area (Å²) >= 11 is 0. The topological polar surface area (TPSA) is 52.3 Å². The Morgan fingerprint density at radius 3 is 2.38 bits per heavy atom. The van der Waals surface area contributed by atoms with Crippen LogP contribution in [0.5, 0.6) is 11.5 Å². The fourth-order valence-corrected chi connectivity index (χ4v) is 2.83. The van der Waals surface area contributed by atoms with E-state index in [2.05, 4.69) is 12.1 Å². The molecule has 1 aliphatic carbocycles. The molecular formula is C18H19NO2. The molecule has 0 radical (unpaired) electrons. The molecule has 21 heavy (non-hydrogen) atoms. The van der Waals surface area contributed by atoms with Crippen LogP contribution in [-0.4, -0.2) is 5.78 Å². The monoisotopic (exact) mass is 281 g/mol. The molecule has 108 valence electrons. The fraction of sp³-hybridized carbons (Fsp3) is 0.278. The molecule has 0 atom stereocenters. The van der Waals surface area contributed by atoms with Crippen LogP contribution in [0.2, 0.25) is 0 Å². The molecule has 0 fully saturated rings. The Balaban J connectivity index is 1.83. The van der Waals surface area contributed by atoms with E-state index in [4.69, 9.17) is 10.5 Å². The zero-order valence-corrected chi connectivity index (χ0v) is 12.2. The van der Waals surface area contributed by atoms with Crippen LogP contribution in [0, 0.1) is 0 Å². The molecule has 0 heterocycles. The third-order valence-corrected chi connectivity index (χ3v) is 3.96. The maximum atomic E-state index is 11.4. The van der Waals surface area contributed by atoms with Crippen molar-refractivity contribution in [2.24, 2.45) is 0 Å². The largest absolute Gasteiger partial charge is 0.457 e. The number of benzene rings is 2. The van der Waals surface area contributed by atoms with Crippen molar-refractivity contribution in [1.82, 2.24) is 0 Å². The minimum Gasteiger partial charge on any atom is -0.457 e. The lowest BCUT2D eigenvalue weighted by Gasteiger charge is -2.17. The number of ether oxygens (including phenoxy) is 1. The maximum absolute atomic E-state index is 11.4. The summed E-state index contributed by atoms with van der Waals surface area (Å²) in [7, 11) is 0. The average Bonchev–Trinajstić information content (AvgIpc) is 2.47. The van der Waals surface area contributed by atoms with Crippen molar-refractivity contribution in [2.45, 2.75) is 32.6 Å². The van der Waals surface area contributed by atoms with Gasteiger partial charge in [0.15, 0.2) is 5.78 Å². The third kappa shape index (κ3) is 2.92. The van der Waals surface area contributed by atoms with Crippen molar-refractivity contribution < 1.29 is 9.53 Å². The number of ketones is 1. The van der Waals surface area contributed by atoms with E-state index in [1.807, 2.05) is 6.07 Å². The first-order valence-electron chi connectivity index (χ1n) is 7.33. The first-order valence-corrected chi connectivity index (χ1v) is 7.33. The molecule has 0 saturated carbocycles. The number of hydrogen-bond acceptors (Lipinski definition) is 3. The van der Waals surface area contributed by atoms with Gasteiger partial charge in [-0.3, -0.25) is 4.79 Å². The van der Waals surface area contributed by atoms with Gasteiger partial charge in [0.05, 0.1) is 0 Å². The zero-order valence-electron chi connectivity index (χ0n) is 12.2. The SMILES string of the molecule is CC(=O)c1ccc(Oc2ccc3c(c2)CCCC3)cc1N.